The first-order valence-corrected chi connectivity index (χ1v) is 11.2. The second-order valence-electron chi connectivity index (χ2n) is 7.73. The standard InChI is InChI=1S/C27H21N7O3/c35-24(36)19-13-11-18(12-14-19)23-16-15-22(37-23)17-28-34-27-32-25(29-20-7-3-1-4-8-20)31-26(33-27)30-21-9-5-2-6-10-21/h1-17H,(H,35,36)(H3,29,30,31,32,33,34)/p-1/b28-17-. The molecule has 2 aromatic heterocycles. The van der Waals surface area contributed by atoms with Crippen LogP contribution in [0.25, 0.3) is 11.3 Å². The molecule has 0 aliphatic heterocycles. The number of aromatic carboxylic acids is 1. The van der Waals surface area contributed by atoms with Crippen molar-refractivity contribution < 1.29 is 14.3 Å². The highest BCUT2D eigenvalue weighted by Gasteiger charge is 2.08. The van der Waals surface area contributed by atoms with Crippen molar-refractivity contribution in [1.82, 2.24) is 15.0 Å². The van der Waals surface area contributed by atoms with Gasteiger partial charge in [-0.1, -0.05) is 60.7 Å². The smallest absolute Gasteiger partial charge is 0.250 e. The van der Waals surface area contributed by atoms with E-state index >= 15 is 0 Å². The van der Waals surface area contributed by atoms with Gasteiger partial charge in [0.25, 0.3) is 0 Å². The van der Waals surface area contributed by atoms with Crippen LogP contribution in [0.5, 0.6) is 0 Å². The van der Waals surface area contributed by atoms with Gasteiger partial charge in [0.15, 0.2) is 0 Å². The quantitative estimate of drug-likeness (QED) is 0.202. The number of nitrogens with zero attached hydrogens (tertiary/aromatic N) is 4. The van der Waals surface area contributed by atoms with E-state index in [0.717, 1.165) is 16.9 Å². The van der Waals surface area contributed by atoms with Crippen LogP contribution in [-0.2, 0) is 0 Å². The van der Waals surface area contributed by atoms with E-state index in [1.54, 1.807) is 24.3 Å². The fourth-order valence-corrected chi connectivity index (χ4v) is 3.34. The molecule has 0 saturated heterocycles. The summed E-state index contributed by atoms with van der Waals surface area (Å²) >= 11 is 0. The number of hydrogen-bond donors (Lipinski definition) is 3. The number of carboxylic acid groups (broad SMARTS) is 1. The van der Waals surface area contributed by atoms with Gasteiger partial charge in [0.2, 0.25) is 17.8 Å². The van der Waals surface area contributed by atoms with Gasteiger partial charge in [-0.2, -0.15) is 20.1 Å². The lowest BCUT2D eigenvalue weighted by Gasteiger charge is -2.10. The molecule has 2 heterocycles. The summed E-state index contributed by atoms with van der Waals surface area (Å²) in [6, 6.07) is 28.8. The molecule has 5 aromatic rings. The number of benzene rings is 3. The van der Waals surface area contributed by atoms with Crippen LogP contribution in [0, 0.1) is 0 Å². The van der Waals surface area contributed by atoms with Gasteiger partial charge in [0.1, 0.15) is 11.5 Å². The zero-order valence-corrected chi connectivity index (χ0v) is 19.3. The molecule has 0 bridgehead atoms. The van der Waals surface area contributed by atoms with Gasteiger partial charge in [-0.05, 0) is 42.0 Å². The molecule has 0 aliphatic rings. The third-order valence-electron chi connectivity index (χ3n) is 5.08. The lowest BCUT2D eigenvalue weighted by Crippen LogP contribution is -2.21. The number of hydrazone groups is 1. The van der Waals surface area contributed by atoms with Crippen LogP contribution in [0.3, 0.4) is 0 Å². The molecule has 182 valence electrons. The molecule has 5 rings (SSSR count). The molecular formula is C27H20N7O3-. The Bertz CT molecular complexity index is 1460. The number of hydrogen-bond acceptors (Lipinski definition) is 10. The fraction of sp³-hybridized carbons (Fsp3) is 0. The summed E-state index contributed by atoms with van der Waals surface area (Å²) in [6.07, 6.45) is 1.48. The first-order chi connectivity index (χ1) is 18.1. The largest absolute Gasteiger partial charge is 0.545 e. The van der Waals surface area contributed by atoms with Gasteiger partial charge in [0, 0.05) is 16.9 Å². The maximum Gasteiger partial charge on any atom is 0.250 e. The van der Waals surface area contributed by atoms with Crippen molar-refractivity contribution in [3.05, 3.63) is 108 Å². The Morgan fingerprint density at radius 2 is 1.30 bits per heavy atom. The van der Waals surface area contributed by atoms with Crippen molar-refractivity contribution in [2.75, 3.05) is 16.1 Å². The molecule has 10 heteroatoms. The zero-order chi connectivity index (χ0) is 25.5. The monoisotopic (exact) mass is 490 g/mol. The van der Waals surface area contributed by atoms with Gasteiger partial charge in [0.05, 0.1) is 12.2 Å². The average Bonchev–Trinajstić information content (AvgIpc) is 3.39. The van der Waals surface area contributed by atoms with E-state index in [4.69, 9.17) is 4.42 Å². The van der Waals surface area contributed by atoms with E-state index in [9.17, 15) is 9.90 Å². The summed E-state index contributed by atoms with van der Waals surface area (Å²) in [5.41, 5.74) is 5.28. The van der Waals surface area contributed by atoms with Gasteiger partial charge in [-0.3, -0.25) is 0 Å². The minimum atomic E-state index is -1.23. The maximum absolute atomic E-state index is 10.9. The van der Waals surface area contributed by atoms with E-state index < -0.39 is 5.97 Å². The Morgan fingerprint density at radius 3 is 1.86 bits per heavy atom. The van der Waals surface area contributed by atoms with Crippen molar-refractivity contribution >= 4 is 41.4 Å². The molecule has 0 aliphatic carbocycles. The second kappa shape index (κ2) is 10.8. The summed E-state index contributed by atoms with van der Waals surface area (Å²) in [5.74, 6) is 0.691. The van der Waals surface area contributed by atoms with Crippen molar-refractivity contribution in [2.45, 2.75) is 0 Å². The molecule has 0 radical (unpaired) electrons. The van der Waals surface area contributed by atoms with Gasteiger partial charge < -0.3 is 25.0 Å². The number of carbonyl (C=O) groups is 1. The summed E-state index contributed by atoms with van der Waals surface area (Å²) in [5, 5.41) is 21.4. The van der Waals surface area contributed by atoms with E-state index in [1.165, 1.54) is 18.3 Å². The number of aromatic nitrogens is 3. The minimum absolute atomic E-state index is 0.0980. The van der Waals surface area contributed by atoms with Gasteiger partial charge in [-0.25, -0.2) is 5.43 Å². The summed E-state index contributed by atoms with van der Waals surface area (Å²) in [7, 11) is 0. The molecule has 0 spiro atoms. The van der Waals surface area contributed by atoms with E-state index in [2.05, 4.69) is 36.1 Å². The Morgan fingerprint density at radius 1 is 0.730 bits per heavy atom. The number of nitrogens with one attached hydrogen (secondary N) is 3. The third kappa shape index (κ3) is 6.14. The molecule has 10 nitrogen and oxygen atoms in total. The van der Waals surface area contributed by atoms with Crippen LogP contribution >= 0.6 is 0 Å². The Labute approximate surface area is 211 Å². The highest BCUT2D eigenvalue weighted by Crippen LogP contribution is 2.22. The van der Waals surface area contributed by atoms with Crippen LogP contribution < -0.4 is 21.2 Å². The molecule has 0 unspecified atom stereocenters. The van der Waals surface area contributed by atoms with Crippen LogP contribution in [0.15, 0.2) is 107 Å². The van der Waals surface area contributed by atoms with E-state index in [0.29, 0.717) is 23.4 Å². The number of carbonyl (C=O) groups excluding carboxylic acids is 1. The van der Waals surface area contributed by atoms with Crippen molar-refractivity contribution in [1.29, 1.82) is 0 Å². The first-order valence-electron chi connectivity index (χ1n) is 11.2. The molecule has 0 atom stereocenters. The predicted octanol–water partition coefficient (Wildman–Crippen LogP) is 4.43. The summed E-state index contributed by atoms with van der Waals surface area (Å²) in [4.78, 5) is 24.2. The van der Waals surface area contributed by atoms with Gasteiger partial charge in [-0.15, -0.1) is 0 Å². The average molecular weight is 491 g/mol. The van der Waals surface area contributed by atoms with Crippen molar-refractivity contribution in [3.8, 4) is 11.3 Å². The second-order valence-corrected chi connectivity index (χ2v) is 7.73. The van der Waals surface area contributed by atoms with Crippen LogP contribution in [0.1, 0.15) is 16.1 Å². The van der Waals surface area contributed by atoms with E-state index in [-0.39, 0.29) is 11.5 Å². The minimum Gasteiger partial charge on any atom is -0.545 e. The van der Waals surface area contributed by atoms with Crippen LogP contribution in [0.4, 0.5) is 29.2 Å². The zero-order valence-electron chi connectivity index (χ0n) is 19.3. The summed E-state index contributed by atoms with van der Waals surface area (Å²) in [6.45, 7) is 0. The Hall–Kier alpha value is -5.51. The highest BCUT2D eigenvalue weighted by atomic mass is 16.4. The molecule has 0 saturated carbocycles. The number of para-hydroxylation sites is 2. The molecule has 3 N–H and O–H groups in total. The summed E-state index contributed by atoms with van der Waals surface area (Å²) < 4.78 is 5.78. The normalized spacial score (nSPS) is 10.8. The van der Waals surface area contributed by atoms with Gasteiger partial charge >= 0.3 is 0 Å². The number of furan rings is 1. The first kappa shape index (κ1) is 23.2. The number of anilines is 5. The Balaban J connectivity index is 1.32. The topological polar surface area (TPSA) is 140 Å². The molecule has 37 heavy (non-hydrogen) atoms. The Kier molecular flexibility index (Phi) is 6.80. The highest BCUT2D eigenvalue weighted by molar-refractivity contribution is 5.86. The predicted molar refractivity (Wildman–Crippen MR) is 139 cm³/mol. The SMILES string of the molecule is O=C([O-])c1ccc(-c2ccc(/C=N\Nc3nc(Nc4ccccc4)nc(Nc4ccccc4)n3)o2)cc1. The van der Waals surface area contributed by atoms with Crippen molar-refractivity contribution in [2.24, 2.45) is 5.10 Å². The van der Waals surface area contributed by atoms with Crippen LogP contribution in [-0.4, -0.2) is 27.1 Å². The number of rotatable bonds is 9. The lowest BCUT2D eigenvalue weighted by atomic mass is 10.1. The van der Waals surface area contributed by atoms with Crippen LogP contribution in [0.2, 0.25) is 0 Å². The third-order valence-corrected chi connectivity index (χ3v) is 5.08. The lowest BCUT2D eigenvalue weighted by molar-refractivity contribution is -0.255. The molecule has 0 fully saturated rings. The molecular weight excluding hydrogens is 470 g/mol. The molecule has 3 aromatic carbocycles. The maximum atomic E-state index is 10.9. The number of carboxylic acids is 1. The molecule has 0 amide bonds. The fourth-order valence-electron chi connectivity index (χ4n) is 3.34. The van der Waals surface area contributed by atoms with E-state index in [1.807, 2.05) is 60.7 Å². The van der Waals surface area contributed by atoms with Crippen molar-refractivity contribution in [3.63, 3.8) is 0 Å².